The molecule has 0 saturated carbocycles. The number of aromatic nitrogens is 2. The third-order valence-electron chi connectivity index (χ3n) is 2.94. The fourth-order valence-electron chi connectivity index (χ4n) is 2.02. The van der Waals surface area contributed by atoms with E-state index in [9.17, 15) is 4.79 Å². The highest BCUT2D eigenvalue weighted by Crippen LogP contribution is 2.45. The lowest BCUT2D eigenvalue weighted by atomic mass is 9.81. The number of hydrogen-bond acceptors (Lipinski definition) is 4. The summed E-state index contributed by atoms with van der Waals surface area (Å²) in [5.41, 5.74) is 0.320. The highest BCUT2D eigenvalue weighted by molar-refractivity contribution is 6.05. The summed E-state index contributed by atoms with van der Waals surface area (Å²) in [6.07, 6.45) is 2.09. The summed E-state index contributed by atoms with van der Waals surface area (Å²) in [7, 11) is 0. The van der Waals surface area contributed by atoms with E-state index >= 15 is 0 Å². The summed E-state index contributed by atoms with van der Waals surface area (Å²) in [5, 5.41) is 2.75. The largest absolute Gasteiger partial charge is 0.477 e. The molecule has 1 aromatic rings. The maximum atomic E-state index is 11.7. The van der Waals surface area contributed by atoms with Crippen molar-refractivity contribution in [1.29, 1.82) is 0 Å². The zero-order valence-corrected chi connectivity index (χ0v) is 7.70. The fraction of sp³-hybridized carbons (Fsp3) is 0.444. The molecule has 0 bridgehead atoms. The fourth-order valence-corrected chi connectivity index (χ4v) is 2.02. The Morgan fingerprint density at radius 3 is 3.29 bits per heavy atom. The predicted octanol–water partition coefficient (Wildman–Crippen LogP) is 0.469. The van der Waals surface area contributed by atoms with Gasteiger partial charge in [-0.3, -0.25) is 4.79 Å². The Bertz CT molecular complexity index is 432. The van der Waals surface area contributed by atoms with Crippen LogP contribution in [0.3, 0.4) is 0 Å². The van der Waals surface area contributed by atoms with Crippen molar-refractivity contribution in [3.05, 3.63) is 11.9 Å². The van der Waals surface area contributed by atoms with Crippen LogP contribution in [0.5, 0.6) is 5.88 Å². The second kappa shape index (κ2) is 2.23. The molecule has 5 heteroatoms. The van der Waals surface area contributed by atoms with Crippen LogP contribution in [-0.4, -0.2) is 22.5 Å². The van der Waals surface area contributed by atoms with Crippen LogP contribution in [0, 0.1) is 0 Å². The molecular weight excluding hydrogens is 182 g/mol. The monoisotopic (exact) mass is 191 g/mol. The quantitative estimate of drug-likeness (QED) is 0.647. The standard InChI is InChI=1S/C9H9N3O2/c1-9-2-3-14-7-5(9)6(10-4-11-7)12-8(9)13/h4H,2-3H2,1H3,(H,10,11,12,13). The molecule has 1 aromatic heterocycles. The molecular formula is C9H9N3O2. The zero-order chi connectivity index (χ0) is 9.76. The van der Waals surface area contributed by atoms with Crippen molar-refractivity contribution in [3.63, 3.8) is 0 Å². The van der Waals surface area contributed by atoms with Crippen molar-refractivity contribution in [1.82, 2.24) is 9.97 Å². The molecule has 1 N–H and O–H groups in total. The first-order valence-electron chi connectivity index (χ1n) is 4.51. The van der Waals surface area contributed by atoms with Crippen molar-refractivity contribution in [3.8, 4) is 5.88 Å². The molecule has 2 aliphatic heterocycles. The number of carbonyl (C=O) groups is 1. The lowest BCUT2D eigenvalue weighted by Gasteiger charge is -2.27. The van der Waals surface area contributed by atoms with Gasteiger partial charge in [-0.1, -0.05) is 0 Å². The molecule has 72 valence electrons. The Hall–Kier alpha value is -1.65. The normalized spacial score (nSPS) is 27.9. The number of rotatable bonds is 0. The van der Waals surface area contributed by atoms with E-state index in [1.807, 2.05) is 6.92 Å². The predicted molar refractivity (Wildman–Crippen MR) is 48.1 cm³/mol. The van der Waals surface area contributed by atoms with Crippen molar-refractivity contribution < 1.29 is 9.53 Å². The molecule has 0 spiro atoms. The van der Waals surface area contributed by atoms with E-state index < -0.39 is 5.41 Å². The van der Waals surface area contributed by atoms with Crippen LogP contribution >= 0.6 is 0 Å². The van der Waals surface area contributed by atoms with Crippen LogP contribution in [0.4, 0.5) is 5.82 Å². The second-order valence-corrected chi connectivity index (χ2v) is 3.79. The molecule has 1 unspecified atom stereocenters. The van der Waals surface area contributed by atoms with E-state index in [0.29, 0.717) is 24.7 Å². The summed E-state index contributed by atoms with van der Waals surface area (Å²) in [4.78, 5) is 19.8. The number of carbonyl (C=O) groups excluding carboxylic acids is 1. The Morgan fingerprint density at radius 2 is 2.43 bits per heavy atom. The molecule has 0 aliphatic carbocycles. The van der Waals surface area contributed by atoms with Gasteiger partial charge in [0.25, 0.3) is 0 Å². The molecule has 2 aliphatic rings. The third kappa shape index (κ3) is 0.724. The van der Waals surface area contributed by atoms with Crippen LogP contribution in [0.1, 0.15) is 18.9 Å². The van der Waals surface area contributed by atoms with E-state index in [2.05, 4.69) is 15.3 Å². The maximum Gasteiger partial charge on any atom is 0.236 e. The summed E-state index contributed by atoms with van der Waals surface area (Å²) in [6.45, 7) is 2.44. The Kier molecular flexibility index (Phi) is 1.23. The summed E-state index contributed by atoms with van der Waals surface area (Å²) in [6, 6.07) is 0. The van der Waals surface area contributed by atoms with Gasteiger partial charge in [0, 0.05) is 6.42 Å². The smallest absolute Gasteiger partial charge is 0.236 e. The minimum absolute atomic E-state index is 0.00227. The van der Waals surface area contributed by atoms with Crippen LogP contribution in [-0.2, 0) is 10.2 Å². The number of nitrogens with one attached hydrogen (secondary N) is 1. The van der Waals surface area contributed by atoms with Crippen LogP contribution < -0.4 is 10.1 Å². The number of ether oxygens (including phenoxy) is 1. The first-order valence-corrected chi connectivity index (χ1v) is 4.51. The molecule has 0 aromatic carbocycles. The second-order valence-electron chi connectivity index (χ2n) is 3.79. The third-order valence-corrected chi connectivity index (χ3v) is 2.94. The van der Waals surface area contributed by atoms with Crippen molar-refractivity contribution >= 4 is 11.7 Å². The Labute approximate surface area is 80.5 Å². The maximum absolute atomic E-state index is 11.7. The minimum atomic E-state index is -0.496. The lowest BCUT2D eigenvalue weighted by molar-refractivity contribution is -0.121. The van der Waals surface area contributed by atoms with Gasteiger partial charge in [0.1, 0.15) is 12.1 Å². The van der Waals surface area contributed by atoms with E-state index in [1.165, 1.54) is 6.33 Å². The van der Waals surface area contributed by atoms with E-state index in [0.717, 1.165) is 5.56 Å². The molecule has 1 amide bonds. The summed E-state index contributed by atoms with van der Waals surface area (Å²) < 4.78 is 5.38. The van der Waals surface area contributed by atoms with Crippen LogP contribution in [0.15, 0.2) is 6.33 Å². The van der Waals surface area contributed by atoms with Crippen LogP contribution in [0.2, 0.25) is 0 Å². The number of nitrogens with zero attached hydrogens (tertiary/aromatic N) is 2. The van der Waals surface area contributed by atoms with Crippen LogP contribution in [0.25, 0.3) is 0 Å². The van der Waals surface area contributed by atoms with Crippen molar-refractivity contribution in [2.75, 3.05) is 11.9 Å². The van der Waals surface area contributed by atoms with Gasteiger partial charge in [0.2, 0.25) is 11.8 Å². The highest BCUT2D eigenvalue weighted by Gasteiger charge is 2.48. The molecule has 5 nitrogen and oxygen atoms in total. The molecule has 3 rings (SSSR count). The number of amides is 1. The van der Waals surface area contributed by atoms with Gasteiger partial charge < -0.3 is 10.1 Å². The minimum Gasteiger partial charge on any atom is -0.477 e. The van der Waals surface area contributed by atoms with Gasteiger partial charge in [-0.25, -0.2) is 9.97 Å². The Balaban J connectivity index is 2.32. The van der Waals surface area contributed by atoms with Gasteiger partial charge in [0.05, 0.1) is 17.6 Å². The van der Waals surface area contributed by atoms with Crippen molar-refractivity contribution in [2.45, 2.75) is 18.8 Å². The molecule has 0 fully saturated rings. The van der Waals surface area contributed by atoms with Gasteiger partial charge >= 0.3 is 0 Å². The van der Waals surface area contributed by atoms with E-state index in [4.69, 9.17) is 4.74 Å². The molecule has 0 saturated heterocycles. The molecule has 14 heavy (non-hydrogen) atoms. The molecule has 1 atom stereocenters. The molecule has 3 heterocycles. The number of hydrogen-bond donors (Lipinski definition) is 1. The van der Waals surface area contributed by atoms with Gasteiger partial charge in [0.15, 0.2) is 0 Å². The topological polar surface area (TPSA) is 64.1 Å². The zero-order valence-electron chi connectivity index (χ0n) is 7.70. The Morgan fingerprint density at radius 1 is 1.57 bits per heavy atom. The van der Waals surface area contributed by atoms with E-state index in [1.54, 1.807) is 0 Å². The first kappa shape index (κ1) is 7.73. The summed E-state index contributed by atoms with van der Waals surface area (Å²) in [5.74, 6) is 1.14. The lowest BCUT2D eigenvalue weighted by Crippen LogP contribution is -2.35. The van der Waals surface area contributed by atoms with Gasteiger partial charge in [-0.15, -0.1) is 0 Å². The first-order chi connectivity index (χ1) is 6.72. The number of anilines is 1. The van der Waals surface area contributed by atoms with Gasteiger partial charge in [-0.05, 0) is 6.92 Å². The summed E-state index contributed by atoms with van der Waals surface area (Å²) >= 11 is 0. The molecule has 0 radical (unpaired) electrons. The SMILES string of the molecule is CC12CCOc3ncnc(c31)NC2=O. The van der Waals surface area contributed by atoms with Crippen molar-refractivity contribution in [2.24, 2.45) is 0 Å². The highest BCUT2D eigenvalue weighted by atomic mass is 16.5. The average molecular weight is 191 g/mol. The van der Waals surface area contributed by atoms with E-state index in [-0.39, 0.29) is 5.91 Å². The average Bonchev–Trinajstić information content (AvgIpc) is 2.42. The van der Waals surface area contributed by atoms with Gasteiger partial charge in [-0.2, -0.15) is 0 Å².